The summed E-state index contributed by atoms with van der Waals surface area (Å²) in [6.07, 6.45) is 4.19. The quantitative estimate of drug-likeness (QED) is 0.712. The van der Waals surface area contributed by atoms with E-state index >= 15 is 0 Å². The molecule has 3 heteroatoms. The highest BCUT2D eigenvalue weighted by molar-refractivity contribution is 5.37. The third kappa shape index (κ3) is 3.08. The second kappa shape index (κ2) is 5.25. The van der Waals surface area contributed by atoms with Crippen LogP contribution in [0.25, 0.3) is 0 Å². The minimum absolute atomic E-state index is 0.0683. The van der Waals surface area contributed by atoms with Gasteiger partial charge in [-0.1, -0.05) is 18.8 Å². The molecule has 0 amide bonds. The van der Waals surface area contributed by atoms with E-state index in [1.807, 2.05) is 13.0 Å². The number of methoxy groups -OCH3 is 1. The lowest BCUT2D eigenvalue weighted by Gasteiger charge is -1.98. The van der Waals surface area contributed by atoms with Gasteiger partial charge < -0.3 is 10.5 Å². The van der Waals surface area contributed by atoms with Crippen molar-refractivity contribution in [3.63, 3.8) is 0 Å². The van der Waals surface area contributed by atoms with Crippen LogP contribution in [0.5, 0.6) is 5.75 Å². The first-order chi connectivity index (χ1) is 6.76. The molecule has 1 heterocycles. The molecule has 1 atom stereocenters. The summed E-state index contributed by atoms with van der Waals surface area (Å²) in [6.45, 7) is 2.00. The van der Waals surface area contributed by atoms with E-state index in [0.29, 0.717) is 5.75 Å². The summed E-state index contributed by atoms with van der Waals surface area (Å²) in [5, 5.41) is 0. The maximum Gasteiger partial charge on any atom is 0.138 e. The van der Waals surface area contributed by atoms with Gasteiger partial charge in [-0.3, -0.25) is 4.98 Å². The van der Waals surface area contributed by atoms with E-state index in [1.165, 1.54) is 0 Å². The number of nitrogens with zero attached hydrogens (tertiary/aromatic N) is 1. The van der Waals surface area contributed by atoms with Crippen molar-refractivity contribution in [2.75, 3.05) is 7.11 Å². The lowest BCUT2D eigenvalue weighted by atomic mass is 10.2. The van der Waals surface area contributed by atoms with Gasteiger partial charge in [0.25, 0.3) is 0 Å². The van der Waals surface area contributed by atoms with E-state index in [0.717, 1.165) is 12.0 Å². The molecule has 1 aromatic rings. The SMILES string of the molecule is CCC(N)C#Cc1cncc(OC)c1. The molecule has 0 radical (unpaired) electrons. The van der Waals surface area contributed by atoms with Crippen LogP contribution in [0.1, 0.15) is 18.9 Å². The Balaban J connectivity index is 2.79. The van der Waals surface area contributed by atoms with Crippen molar-refractivity contribution in [2.24, 2.45) is 5.73 Å². The zero-order valence-electron chi connectivity index (χ0n) is 8.45. The van der Waals surface area contributed by atoms with Gasteiger partial charge in [-0.05, 0) is 12.5 Å². The number of ether oxygens (including phenoxy) is 1. The van der Waals surface area contributed by atoms with Gasteiger partial charge in [0.1, 0.15) is 5.75 Å². The standard InChI is InChI=1S/C11H14N2O/c1-3-10(12)5-4-9-6-11(14-2)8-13-7-9/h6-8,10H,3,12H2,1-2H3. The number of hydrogen-bond acceptors (Lipinski definition) is 3. The Morgan fingerprint density at radius 2 is 2.36 bits per heavy atom. The van der Waals surface area contributed by atoms with Crippen LogP contribution in [-0.2, 0) is 0 Å². The molecule has 0 aromatic carbocycles. The average molecular weight is 190 g/mol. The molecule has 0 spiro atoms. The smallest absolute Gasteiger partial charge is 0.138 e. The summed E-state index contributed by atoms with van der Waals surface area (Å²) in [7, 11) is 1.60. The van der Waals surface area contributed by atoms with Crippen LogP contribution in [-0.4, -0.2) is 18.1 Å². The number of nitrogens with two attached hydrogens (primary N) is 1. The predicted molar refractivity (Wildman–Crippen MR) is 55.9 cm³/mol. The number of rotatable bonds is 2. The van der Waals surface area contributed by atoms with Gasteiger partial charge in [-0.25, -0.2) is 0 Å². The molecule has 2 N–H and O–H groups in total. The molecule has 0 saturated heterocycles. The van der Waals surface area contributed by atoms with E-state index in [2.05, 4.69) is 16.8 Å². The highest BCUT2D eigenvalue weighted by Crippen LogP contribution is 2.08. The van der Waals surface area contributed by atoms with E-state index in [4.69, 9.17) is 10.5 Å². The molecule has 0 aliphatic rings. The minimum atomic E-state index is -0.0683. The summed E-state index contributed by atoms with van der Waals surface area (Å²) in [5.41, 5.74) is 6.49. The summed E-state index contributed by atoms with van der Waals surface area (Å²) in [5.74, 6) is 6.59. The summed E-state index contributed by atoms with van der Waals surface area (Å²) in [4.78, 5) is 3.99. The molecule has 1 aromatic heterocycles. The van der Waals surface area contributed by atoms with Crippen LogP contribution in [0.4, 0.5) is 0 Å². The maximum atomic E-state index is 5.67. The Hall–Kier alpha value is -1.53. The fraction of sp³-hybridized carbons (Fsp3) is 0.364. The summed E-state index contributed by atoms with van der Waals surface area (Å²) >= 11 is 0. The third-order valence-corrected chi connectivity index (χ3v) is 1.79. The molecule has 0 bridgehead atoms. The Morgan fingerprint density at radius 3 is 3.00 bits per heavy atom. The molecule has 0 saturated carbocycles. The molecule has 0 aliphatic carbocycles. The predicted octanol–water partition coefficient (Wildman–Crippen LogP) is 1.18. The first-order valence-electron chi connectivity index (χ1n) is 4.52. The second-order valence-electron chi connectivity index (χ2n) is 2.90. The molecule has 1 unspecified atom stereocenters. The van der Waals surface area contributed by atoms with E-state index in [-0.39, 0.29) is 6.04 Å². The van der Waals surface area contributed by atoms with Crippen molar-refractivity contribution in [1.82, 2.24) is 4.98 Å². The molecule has 0 aliphatic heterocycles. The topological polar surface area (TPSA) is 48.1 Å². The van der Waals surface area contributed by atoms with Crippen LogP contribution in [0.3, 0.4) is 0 Å². The number of aromatic nitrogens is 1. The van der Waals surface area contributed by atoms with Gasteiger partial charge in [-0.15, -0.1) is 0 Å². The van der Waals surface area contributed by atoms with Crippen molar-refractivity contribution in [2.45, 2.75) is 19.4 Å². The lowest BCUT2D eigenvalue weighted by molar-refractivity contribution is 0.413. The highest BCUT2D eigenvalue weighted by atomic mass is 16.5. The second-order valence-corrected chi connectivity index (χ2v) is 2.90. The molecular weight excluding hydrogens is 176 g/mol. The number of pyridine rings is 1. The Kier molecular flexibility index (Phi) is 3.96. The fourth-order valence-corrected chi connectivity index (χ4v) is 0.877. The van der Waals surface area contributed by atoms with E-state index < -0.39 is 0 Å². The van der Waals surface area contributed by atoms with Crippen molar-refractivity contribution in [3.8, 4) is 17.6 Å². The zero-order chi connectivity index (χ0) is 10.4. The summed E-state index contributed by atoms with van der Waals surface area (Å²) in [6, 6.07) is 1.77. The Bertz CT molecular complexity index is 352. The fourth-order valence-electron chi connectivity index (χ4n) is 0.877. The van der Waals surface area contributed by atoms with E-state index in [1.54, 1.807) is 19.5 Å². The van der Waals surface area contributed by atoms with Crippen molar-refractivity contribution in [1.29, 1.82) is 0 Å². The van der Waals surface area contributed by atoms with Crippen molar-refractivity contribution >= 4 is 0 Å². The van der Waals surface area contributed by atoms with Gasteiger partial charge in [0, 0.05) is 11.8 Å². The molecule has 3 nitrogen and oxygen atoms in total. The van der Waals surface area contributed by atoms with Crippen LogP contribution in [0.15, 0.2) is 18.5 Å². The molecule has 14 heavy (non-hydrogen) atoms. The van der Waals surface area contributed by atoms with Gasteiger partial charge >= 0.3 is 0 Å². The molecule has 74 valence electrons. The van der Waals surface area contributed by atoms with Crippen LogP contribution < -0.4 is 10.5 Å². The molecule has 0 fully saturated rings. The van der Waals surface area contributed by atoms with Crippen molar-refractivity contribution in [3.05, 3.63) is 24.0 Å². The van der Waals surface area contributed by atoms with Crippen LogP contribution >= 0.6 is 0 Å². The Morgan fingerprint density at radius 1 is 1.57 bits per heavy atom. The van der Waals surface area contributed by atoms with Crippen LogP contribution in [0, 0.1) is 11.8 Å². The highest BCUT2D eigenvalue weighted by Gasteiger charge is 1.93. The first kappa shape index (κ1) is 10.6. The van der Waals surface area contributed by atoms with E-state index in [9.17, 15) is 0 Å². The first-order valence-corrected chi connectivity index (χ1v) is 4.52. The Labute approximate surface area is 84.3 Å². The monoisotopic (exact) mass is 190 g/mol. The normalized spacial score (nSPS) is 11.4. The van der Waals surface area contributed by atoms with Crippen molar-refractivity contribution < 1.29 is 4.74 Å². The summed E-state index contributed by atoms with van der Waals surface area (Å²) < 4.78 is 5.03. The minimum Gasteiger partial charge on any atom is -0.495 e. The largest absolute Gasteiger partial charge is 0.495 e. The van der Waals surface area contributed by atoms with Crippen LogP contribution in [0.2, 0.25) is 0 Å². The zero-order valence-corrected chi connectivity index (χ0v) is 8.45. The maximum absolute atomic E-state index is 5.67. The molecular formula is C11H14N2O. The number of hydrogen-bond donors (Lipinski definition) is 1. The molecule has 1 rings (SSSR count). The third-order valence-electron chi connectivity index (χ3n) is 1.79. The van der Waals surface area contributed by atoms with Gasteiger partial charge in [0.2, 0.25) is 0 Å². The lowest BCUT2D eigenvalue weighted by Crippen LogP contribution is -2.15. The average Bonchev–Trinajstić information content (AvgIpc) is 2.26. The van der Waals surface area contributed by atoms with Gasteiger partial charge in [-0.2, -0.15) is 0 Å². The van der Waals surface area contributed by atoms with Gasteiger partial charge in [0.15, 0.2) is 0 Å². The van der Waals surface area contributed by atoms with Gasteiger partial charge in [0.05, 0.1) is 19.3 Å².